The number of aromatic amines is 1. The maximum atomic E-state index is 12.5. The monoisotopic (exact) mass is 349 g/mol. The largest absolute Gasteiger partial charge is 0.321 e. The number of hydrogen-bond acceptors (Lipinski definition) is 3. The van der Waals surface area contributed by atoms with Crippen LogP contribution in [0.25, 0.3) is 10.9 Å². The van der Waals surface area contributed by atoms with E-state index in [2.05, 4.69) is 60.9 Å². The molecular weight excluding hydrogens is 322 g/mol. The average molecular weight is 349 g/mol. The van der Waals surface area contributed by atoms with Crippen LogP contribution in [0.4, 0.5) is 0 Å². The number of rotatable bonds is 5. The van der Waals surface area contributed by atoms with Gasteiger partial charge in [0.1, 0.15) is 0 Å². The minimum Gasteiger partial charge on any atom is -0.321 e. The Morgan fingerprint density at radius 1 is 1.12 bits per heavy atom. The zero-order chi connectivity index (χ0) is 18.8. The Bertz CT molecular complexity index is 990. The first-order valence-corrected chi connectivity index (χ1v) is 9.08. The van der Waals surface area contributed by atoms with Crippen molar-refractivity contribution < 1.29 is 0 Å². The Balaban J connectivity index is 1.81. The van der Waals surface area contributed by atoms with Crippen molar-refractivity contribution in [2.75, 3.05) is 7.05 Å². The lowest BCUT2D eigenvalue weighted by molar-refractivity contribution is 0.246. The summed E-state index contributed by atoms with van der Waals surface area (Å²) in [4.78, 5) is 22.3. The predicted molar refractivity (Wildman–Crippen MR) is 108 cm³/mol. The van der Waals surface area contributed by atoms with E-state index in [4.69, 9.17) is 0 Å². The highest BCUT2D eigenvalue weighted by atomic mass is 16.1. The minimum absolute atomic E-state index is 0.00261. The van der Waals surface area contributed by atoms with Crippen LogP contribution in [-0.2, 0) is 13.0 Å². The molecular formula is C22H27N3O. The van der Waals surface area contributed by atoms with Gasteiger partial charge in [0.2, 0.25) is 0 Å². The second kappa shape index (κ2) is 7.42. The highest BCUT2D eigenvalue weighted by molar-refractivity contribution is 5.82. The van der Waals surface area contributed by atoms with Crippen LogP contribution in [0.2, 0.25) is 0 Å². The van der Waals surface area contributed by atoms with Crippen LogP contribution in [0.1, 0.15) is 34.9 Å². The quantitative estimate of drug-likeness (QED) is 0.760. The van der Waals surface area contributed by atoms with Gasteiger partial charge in [0.25, 0.3) is 5.56 Å². The van der Waals surface area contributed by atoms with E-state index in [1.165, 1.54) is 11.1 Å². The lowest BCUT2D eigenvalue weighted by Gasteiger charge is -2.24. The fraction of sp³-hybridized carbons (Fsp3) is 0.364. The third-order valence-electron chi connectivity index (χ3n) is 5.02. The number of pyridine rings is 2. The van der Waals surface area contributed by atoms with E-state index in [0.717, 1.165) is 34.1 Å². The molecule has 0 aliphatic carbocycles. The molecule has 0 fully saturated rings. The van der Waals surface area contributed by atoms with Crippen molar-refractivity contribution >= 4 is 10.9 Å². The van der Waals surface area contributed by atoms with Crippen LogP contribution < -0.4 is 5.56 Å². The van der Waals surface area contributed by atoms with E-state index in [-0.39, 0.29) is 5.56 Å². The summed E-state index contributed by atoms with van der Waals surface area (Å²) in [5, 5.41) is 1.10. The number of aryl methyl sites for hydroxylation is 3. The van der Waals surface area contributed by atoms with Gasteiger partial charge in [-0.3, -0.25) is 14.7 Å². The molecule has 0 aliphatic rings. The first-order chi connectivity index (χ1) is 12.3. The molecule has 1 unspecified atom stereocenters. The minimum atomic E-state index is -0.00261. The van der Waals surface area contributed by atoms with E-state index >= 15 is 0 Å². The highest BCUT2D eigenvalue weighted by Gasteiger charge is 2.14. The normalized spacial score (nSPS) is 12.7. The number of aromatic nitrogens is 2. The number of nitrogens with zero attached hydrogens (tertiary/aromatic N) is 2. The molecule has 4 heteroatoms. The Kier molecular flexibility index (Phi) is 5.23. The third kappa shape index (κ3) is 4.02. The third-order valence-corrected chi connectivity index (χ3v) is 5.02. The Morgan fingerprint density at radius 2 is 1.88 bits per heavy atom. The van der Waals surface area contributed by atoms with E-state index < -0.39 is 0 Å². The van der Waals surface area contributed by atoms with Crippen LogP contribution >= 0.6 is 0 Å². The van der Waals surface area contributed by atoms with Crippen molar-refractivity contribution in [3.63, 3.8) is 0 Å². The SMILES string of the molecule is Cc1ccnc(CC(C)N(C)Cc2cc3cc(C)cc(C)c3[nH]c2=O)c1. The van der Waals surface area contributed by atoms with Crippen LogP contribution in [0.3, 0.4) is 0 Å². The Labute approximate surface area is 154 Å². The van der Waals surface area contributed by atoms with Gasteiger partial charge in [-0.2, -0.15) is 0 Å². The first kappa shape index (κ1) is 18.3. The molecule has 0 spiro atoms. The van der Waals surface area contributed by atoms with Crippen molar-refractivity contribution in [1.82, 2.24) is 14.9 Å². The zero-order valence-corrected chi connectivity index (χ0v) is 16.3. The van der Waals surface area contributed by atoms with E-state index in [1.807, 2.05) is 25.3 Å². The predicted octanol–water partition coefficient (Wildman–Crippen LogP) is 3.91. The maximum absolute atomic E-state index is 12.5. The summed E-state index contributed by atoms with van der Waals surface area (Å²) >= 11 is 0. The molecule has 0 saturated heterocycles. The summed E-state index contributed by atoms with van der Waals surface area (Å²) in [7, 11) is 2.06. The van der Waals surface area contributed by atoms with Gasteiger partial charge in [-0.25, -0.2) is 0 Å². The van der Waals surface area contributed by atoms with E-state index in [1.54, 1.807) is 0 Å². The number of hydrogen-bond donors (Lipinski definition) is 1. The topological polar surface area (TPSA) is 49.0 Å². The van der Waals surface area contributed by atoms with Gasteiger partial charge in [-0.05, 0) is 75.5 Å². The molecule has 2 heterocycles. The summed E-state index contributed by atoms with van der Waals surface area (Å²) in [6.07, 6.45) is 2.72. The number of benzene rings is 1. The van der Waals surface area contributed by atoms with Crippen LogP contribution in [-0.4, -0.2) is 28.0 Å². The molecule has 1 N–H and O–H groups in total. The fourth-order valence-electron chi connectivity index (χ4n) is 3.44. The summed E-state index contributed by atoms with van der Waals surface area (Å²) in [6.45, 7) is 8.99. The molecule has 0 amide bonds. The van der Waals surface area contributed by atoms with Crippen molar-refractivity contribution in [2.24, 2.45) is 0 Å². The standard InChI is InChI=1S/C22H27N3O/c1-14-6-7-23-20(10-14)11-17(4)25(5)13-19-12-18-9-15(2)8-16(3)21(18)24-22(19)26/h6-10,12,17H,11,13H2,1-5H3,(H,24,26). The van der Waals surface area contributed by atoms with E-state index in [0.29, 0.717) is 12.6 Å². The summed E-state index contributed by atoms with van der Waals surface area (Å²) < 4.78 is 0. The highest BCUT2D eigenvalue weighted by Crippen LogP contribution is 2.19. The van der Waals surface area contributed by atoms with Crippen LogP contribution in [0.5, 0.6) is 0 Å². The summed E-state index contributed by atoms with van der Waals surface area (Å²) in [5.74, 6) is 0. The molecule has 1 aromatic carbocycles. The molecule has 4 nitrogen and oxygen atoms in total. The molecule has 3 aromatic rings. The van der Waals surface area contributed by atoms with Gasteiger partial charge in [0, 0.05) is 36.5 Å². The molecule has 136 valence electrons. The molecule has 0 radical (unpaired) electrons. The lowest BCUT2D eigenvalue weighted by atomic mass is 10.0. The van der Waals surface area contributed by atoms with Gasteiger partial charge in [-0.1, -0.05) is 11.6 Å². The van der Waals surface area contributed by atoms with Gasteiger partial charge >= 0.3 is 0 Å². The van der Waals surface area contributed by atoms with Gasteiger partial charge < -0.3 is 4.98 Å². The Morgan fingerprint density at radius 3 is 2.62 bits per heavy atom. The molecule has 0 bridgehead atoms. The summed E-state index contributed by atoms with van der Waals surface area (Å²) in [6, 6.07) is 10.7. The van der Waals surface area contributed by atoms with Crippen molar-refractivity contribution in [2.45, 2.75) is 46.7 Å². The summed E-state index contributed by atoms with van der Waals surface area (Å²) in [5.41, 5.74) is 6.36. The number of H-pyrrole nitrogens is 1. The average Bonchev–Trinajstić information content (AvgIpc) is 2.56. The second-order valence-corrected chi connectivity index (χ2v) is 7.46. The molecule has 26 heavy (non-hydrogen) atoms. The Hall–Kier alpha value is -2.46. The number of nitrogens with one attached hydrogen (secondary N) is 1. The van der Waals surface area contributed by atoms with Crippen LogP contribution in [0.15, 0.2) is 41.3 Å². The van der Waals surface area contributed by atoms with Gasteiger partial charge in [0.05, 0.1) is 5.52 Å². The molecule has 0 saturated carbocycles. The van der Waals surface area contributed by atoms with Gasteiger partial charge in [0.15, 0.2) is 0 Å². The van der Waals surface area contributed by atoms with Crippen molar-refractivity contribution in [1.29, 1.82) is 0 Å². The number of fused-ring (bicyclic) bond motifs is 1. The molecule has 3 rings (SSSR count). The van der Waals surface area contributed by atoms with Gasteiger partial charge in [-0.15, -0.1) is 0 Å². The van der Waals surface area contributed by atoms with E-state index in [9.17, 15) is 4.79 Å². The maximum Gasteiger partial charge on any atom is 0.252 e. The number of likely N-dealkylation sites (N-methyl/N-ethyl adjacent to an activating group) is 1. The smallest absolute Gasteiger partial charge is 0.252 e. The second-order valence-electron chi connectivity index (χ2n) is 7.46. The first-order valence-electron chi connectivity index (χ1n) is 9.08. The van der Waals surface area contributed by atoms with Crippen molar-refractivity contribution in [3.05, 3.63) is 74.8 Å². The molecule has 2 aromatic heterocycles. The fourth-order valence-corrected chi connectivity index (χ4v) is 3.44. The lowest BCUT2D eigenvalue weighted by Crippen LogP contribution is -2.32. The van der Waals surface area contributed by atoms with Crippen LogP contribution in [0, 0.1) is 20.8 Å². The van der Waals surface area contributed by atoms with Crippen molar-refractivity contribution in [3.8, 4) is 0 Å². The zero-order valence-electron chi connectivity index (χ0n) is 16.3. The molecule has 0 aliphatic heterocycles. The molecule has 1 atom stereocenters.